The number of phenolic OH excluding ortho intramolecular Hbond substituents is 1. The number of anilines is 2. The molecule has 0 bridgehead atoms. The smallest absolute Gasteiger partial charge is 0.303 e. The zero-order valence-electron chi connectivity index (χ0n) is 26.4. The number of unbranched alkanes of at least 4 members (excludes halogenated alkanes) is 1. The summed E-state index contributed by atoms with van der Waals surface area (Å²) in [6, 6.07) is 12.1. The highest BCUT2D eigenvalue weighted by Crippen LogP contribution is 2.40. The number of fused-ring (bicyclic) bond motifs is 1. The summed E-state index contributed by atoms with van der Waals surface area (Å²) < 4.78 is 7.60. The maximum atomic E-state index is 13.1. The first-order chi connectivity index (χ1) is 19.9. The first-order valence-electron chi connectivity index (χ1n) is 15.3. The minimum atomic E-state index is -0.328. The number of nitrogens with zero attached hydrogens (tertiary/aromatic N) is 3. The summed E-state index contributed by atoms with van der Waals surface area (Å²) >= 11 is 3.53. The van der Waals surface area contributed by atoms with Crippen LogP contribution >= 0.6 is 15.9 Å². The summed E-state index contributed by atoms with van der Waals surface area (Å²) in [5.41, 5.74) is 2.34. The Bertz CT molecular complexity index is 1410. The molecule has 1 aliphatic carbocycles. The predicted octanol–water partition coefficient (Wildman–Crippen LogP) is 8.90. The Morgan fingerprint density at radius 1 is 1.14 bits per heavy atom. The van der Waals surface area contributed by atoms with Gasteiger partial charge < -0.3 is 19.3 Å². The third-order valence-corrected chi connectivity index (χ3v) is 8.36. The molecule has 4 rings (SSSR count). The summed E-state index contributed by atoms with van der Waals surface area (Å²) in [5.74, 6) is 1.14. The van der Waals surface area contributed by atoms with E-state index in [1.54, 1.807) is 0 Å². The number of ether oxygens (including phenoxy) is 1. The lowest BCUT2D eigenvalue weighted by Crippen LogP contribution is -2.33. The fourth-order valence-corrected chi connectivity index (χ4v) is 6.43. The van der Waals surface area contributed by atoms with Crippen molar-refractivity contribution < 1.29 is 14.6 Å². The number of hydrogen-bond acceptors (Lipinski definition) is 6. The molecule has 42 heavy (non-hydrogen) atoms. The Labute approximate surface area is 259 Å². The van der Waals surface area contributed by atoms with E-state index >= 15 is 0 Å². The molecule has 0 aliphatic heterocycles. The van der Waals surface area contributed by atoms with Gasteiger partial charge in [0.05, 0.1) is 10.9 Å². The Hall–Kier alpha value is -2.87. The normalized spacial score (nSPS) is 14.4. The van der Waals surface area contributed by atoms with Gasteiger partial charge in [-0.1, -0.05) is 52.0 Å². The number of rotatable bonds is 9. The standard InChI is InChI=1S/C28H36BrN3O2.C6H12O2/c1-4-6-11-19(10-5-2)22-18-21(16-17-25(22)33)32(20-12-7-8-13-20)28-30-27(34)26-23(29)14-9-15-24(26)31(28)3;1-5(7)8-6(2,3)4/h9,14-20,33H,4-8,10-13H2,1-3H3;1-4H3. The van der Waals surface area contributed by atoms with Crippen molar-refractivity contribution in [2.45, 2.75) is 117 Å². The number of carbonyl (C=O) groups excluding carboxylic acids is 1. The molecule has 1 fully saturated rings. The maximum Gasteiger partial charge on any atom is 0.303 e. The predicted molar refractivity (Wildman–Crippen MR) is 176 cm³/mol. The molecule has 230 valence electrons. The van der Waals surface area contributed by atoms with E-state index in [4.69, 9.17) is 4.74 Å². The van der Waals surface area contributed by atoms with Gasteiger partial charge in [0.25, 0.3) is 5.56 Å². The Morgan fingerprint density at radius 2 is 1.83 bits per heavy atom. The molecule has 0 amide bonds. The van der Waals surface area contributed by atoms with E-state index in [0.717, 1.165) is 66.2 Å². The zero-order valence-corrected chi connectivity index (χ0v) is 28.0. The summed E-state index contributed by atoms with van der Waals surface area (Å²) in [5, 5.41) is 11.4. The Morgan fingerprint density at radius 3 is 2.40 bits per heavy atom. The number of aromatic nitrogens is 2. The van der Waals surface area contributed by atoms with E-state index < -0.39 is 0 Å². The van der Waals surface area contributed by atoms with Gasteiger partial charge in [0, 0.05) is 30.2 Å². The molecular formula is C34H48BrN3O4. The van der Waals surface area contributed by atoms with Crippen molar-refractivity contribution in [1.29, 1.82) is 0 Å². The van der Waals surface area contributed by atoms with Crippen LogP contribution in [0.15, 0.2) is 45.7 Å². The number of halogens is 1. The molecule has 1 N–H and O–H groups in total. The topological polar surface area (TPSA) is 84.7 Å². The highest BCUT2D eigenvalue weighted by atomic mass is 79.9. The molecule has 1 aliphatic rings. The number of carbonyl (C=O) groups is 1. The van der Waals surface area contributed by atoms with E-state index in [-0.39, 0.29) is 23.2 Å². The van der Waals surface area contributed by atoms with Gasteiger partial charge in [-0.3, -0.25) is 9.59 Å². The van der Waals surface area contributed by atoms with Crippen molar-refractivity contribution in [2.24, 2.45) is 7.05 Å². The van der Waals surface area contributed by atoms with Crippen LogP contribution in [-0.2, 0) is 16.6 Å². The van der Waals surface area contributed by atoms with E-state index in [1.165, 1.54) is 19.8 Å². The number of benzene rings is 2. The SMILES string of the molecule is CC(=O)OC(C)(C)C.CCCCC(CCC)c1cc(N(c2nc(=O)c3c(Br)cccc3n2C)C2CCCC2)ccc1O. The van der Waals surface area contributed by atoms with Crippen LogP contribution in [0, 0.1) is 0 Å². The summed E-state index contributed by atoms with van der Waals surface area (Å²) in [6.45, 7) is 11.4. The van der Waals surface area contributed by atoms with Crippen LogP contribution in [0.4, 0.5) is 11.6 Å². The molecular weight excluding hydrogens is 594 g/mol. The second kappa shape index (κ2) is 15.0. The average molecular weight is 643 g/mol. The van der Waals surface area contributed by atoms with Crippen LogP contribution in [0.3, 0.4) is 0 Å². The summed E-state index contributed by atoms with van der Waals surface area (Å²) in [7, 11) is 1.99. The van der Waals surface area contributed by atoms with Crippen LogP contribution in [0.5, 0.6) is 5.75 Å². The molecule has 7 nitrogen and oxygen atoms in total. The van der Waals surface area contributed by atoms with Gasteiger partial charge in [-0.15, -0.1) is 0 Å². The van der Waals surface area contributed by atoms with Crippen molar-refractivity contribution in [3.63, 3.8) is 0 Å². The van der Waals surface area contributed by atoms with Crippen molar-refractivity contribution >= 4 is 44.4 Å². The highest BCUT2D eigenvalue weighted by Gasteiger charge is 2.29. The molecule has 3 aromatic rings. The highest BCUT2D eigenvalue weighted by molar-refractivity contribution is 9.10. The number of phenols is 1. The third kappa shape index (κ3) is 8.59. The van der Waals surface area contributed by atoms with Crippen LogP contribution in [-0.4, -0.2) is 32.3 Å². The van der Waals surface area contributed by atoms with E-state index in [9.17, 15) is 14.7 Å². The molecule has 0 spiro atoms. The van der Waals surface area contributed by atoms with E-state index in [1.807, 2.05) is 62.7 Å². The van der Waals surface area contributed by atoms with Crippen LogP contribution in [0.2, 0.25) is 0 Å². The van der Waals surface area contributed by atoms with Crippen molar-refractivity contribution in [3.05, 3.63) is 56.8 Å². The number of aromatic hydroxyl groups is 1. The molecule has 8 heteroatoms. The van der Waals surface area contributed by atoms with E-state index in [2.05, 4.69) is 45.7 Å². The lowest BCUT2D eigenvalue weighted by Gasteiger charge is -2.32. The summed E-state index contributed by atoms with van der Waals surface area (Å²) in [4.78, 5) is 30.2. The molecule has 2 aromatic carbocycles. The van der Waals surface area contributed by atoms with Gasteiger partial charge in [0.2, 0.25) is 5.95 Å². The molecule has 1 heterocycles. The number of esters is 1. The molecule has 1 unspecified atom stereocenters. The second-order valence-corrected chi connectivity index (χ2v) is 13.1. The Balaban J connectivity index is 0.000000531. The van der Waals surface area contributed by atoms with Crippen LogP contribution in [0.25, 0.3) is 10.9 Å². The maximum absolute atomic E-state index is 13.1. The molecule has 1 aromatic heterocycles. The third-order valence-electron chi connectivity index (χ3n) is 7.70. The minimum absolute atomic E-state index is 0.218. The lowest BCUT2D eigenvalue weighted by atomic mass is 9.88. The molecule has 1 atom stereocenters. The summed E-state index contributed by atoms with van der Waals surface area (Å²) in [6.07, 6.45) is 9.99. The van der Waals surface area contributed by atoms with Gasteiger partial charge in [-0.2, -0.15) is 4.98 Å². The number of aryl methyl sites for hydroxylation is 1. The minimum Gasteiger partial charge on any atom is -0.508 e. The fourth-order valence-electron chi connectivity index (χ4n) is 5.91. The average Bonchev–Trinajstić information content (AvgIpc) is 3.44. The molecule has 0 saturated heterocycles. The van der Waals surface area contributed by atoms with Crippen molar-refractivity contribution in [2.75, 3.05) is 4.90 Å². The van der Waals surface area contributed by atoms with Gasteiger partial charge in [0.1, 0.15) is 11.4 Å². The Kier molecular flexibility index (Phi) is 12.0. The van der Waals surface area contributed by atoms with Gasteiger partial charge in [0.15, 0.2) is 0 Å². The van der Waals surface area contributed by atoms with Crippen LogP contribution in [0.1, 0.15) is 111 Å². The van der Waals surface area contributed by atoms with Gasteiger partial charge >= 0.3 is 5.97 Å². The monoisotopic (exact) mass is 641 g/mol. The van der Waals surface area contributed by atoms with Gasteiger partial charge in [-0.25, -0.2) is 0 Å². The zero-order chi connectivity index (χ0) is 31.0. The van der Waals surface area contributed by atoms with E-state index in [0.29, 0.717) is 23.0 Å². The van der Waals surface area contributed by atoms with Crippen molar-refractivity contribution in [1.82, 2.24) is 9.55 Å². The number of hydrogen-bond donors (Lipinski definition) is 1. The first-order valence-corrected chi connectivity index (χ1v) is 16.1. The van der Waals surface area contributed by atoms with Crippen molar-refractivity contribution in [3.8, 4) is 5.75 Å². The lowest BCUT2D eigenvalue weighted by molar-refractivity contribution is -0.151. The molecule has 1 saturated carbocycles. The second-order valence-electron chi connectivity index (χ2n) is 12.3. The fraction of sp³-hybridized carbons (Fsp3) is 0.559. The largest absolute Gasteiger partial charge is 0.508 e. The van der Waals surface area contributed by atoms with Gasteiger partial charge in [-0.05, 0) is 104 Å². The van der Waals surface area contributed by atoms with Crippen LogP contribution < -0.4 is 10.5 Å². The quantitative estimate of drug-likeness (QED) is 0.235. The first kappa shape index (κ1) is 33.6. The molecule has 0 radical (unpaired) electrons.